The van der Waals surface area contributed by atoms with E-state index in [1.165, 1.54) is 10.7 Å². The zero-order valence-corrected chi connectivity index (χ0v) is 18.4. The molecule has 0 spiro atoms. The van der Waals surface area contributed by atoms with Crippen LogP contribution in [0, 0.1) is 5.92 Å². The molecule has 1 aromatic heterocycles. The van der Waals surface area contributed by atoms with Crippen LogP contribution in [-0.2, 0) is 21.3 Å². The van der Waals surface area contributed by atoms with Gasteiger partial charge in [-0.2, -0.15) is 0 Å². The van der Waals surface area contributed by atoms with Crippen molar-refractivity contribution in [3.8, 4) is 0 Å². The minimum absolute atomic E-state index is 0.114. The van der Waals surface area contributed by atoms with Gasteiger partial charge in [0.2, 0.25) is 0 Å². The van der Waals surface area contributed by atoms with Crippen LogP contribution in [0.25, 0.3) is 0 Å². The summed E-state index contributed by atoms with van der Waals surface area (Å²) in [5.41, 5.74) is 1.29. The highest BCUT2D eigenvalue weighted by molar-refractivity contribution is 7.09. The van der Waals surface area contributed by atoms with E-state index < -0.39 is 0 Å². The number of aliphatic imine (C=N–C) groups is 1. The maximum atomic E-state index is 5.70. The van der Waals surface area contributed by atoms with Gasteiger partial charge in [-0.3, -0.25) is 4.99 Å². The summed E-state index contributed by atoms with van der Waals surface area (Å²) in [6.45, 7) is 14.6. The van der Waals surface area contributed by atoms with Crippen LogP contribution in [0.3, 0.4) is 0 Å². The summed E-state index contributed by atoms with van der Waals surface area (Å²) in [6, 6.07) is 0. The third kappa shape index (κ3) is 7.39. The highest BCUT2D eigenvalue weighted by Gasteiger charge is 2.25. The summed E-state index contributed by atoms with van der Waals surface area (Å²) in [4.78, 5) is 12.0. The number of methoxy groups -OCH3 is 1. The molecular weight excluding hydrogens is 360 g/mol. The number of hydrogen-bond donors (Lipinski definition) is 1. The number of rotatable bonds is 9. The largest absolute Gasteiger partial charge is 0.382 e. The Hall–Kier alpha value is -1.18. The number of hydrogen-bond acceptors (Lipinski definition) is 5. The quantitative estimate of drug-likeness (QED) is 0.395. The van der Waals surface area contributed by atoms with Crippen LogP contribution in [0.4, 0.5) is 0 Å². The second-order valence-corrected chi connectivity index (χ2v) is 8.97. The van der Waals surface area contributed by atoms with E-state index in [1.54, 1.807) is 18.4 Å². The molecule has 6 nitrogen and oxygen atoms in total. The topological polar surface area (TPSA) is 59.0 Å². The molecule has 2 heterocycles. The van der Waals surface area contributed by atoms with Crippen LogP contribution >= 0.6 is 11.3 Å². The summed E-state index contributed by atoms with van der Waals surface area (Å²) in [7, 11) is 1.70. The van der Waals surface area contributed by atoms with Gasteiger partial charge in [-0.25, -0.2) is 4.98 Å². The Balaban J connectivity index is 1.82. The number of ether oxygens (including phenoxy) is 2. The summed E-state index contributed by atoms with van der Waals surface area (Å²) < 4.78 is 10.7. The Kier molecular flexibility index (Phi) is 8.99. The monoisotopic (exact) mass is 396 g/mol. The van der Waals surface area contributed by atoms with Gasteiger partial charge >= 0.3 is 0 Å². The first-order valence-electron chi connectivity index (χ1n) is 9.98. The highest BCUT2D eigenvalue weighted by atomic mass is 32.1. The standard InChI is InChI=1S/C20H36N4O2S/c1-6-21-19(24-10-8-16(13-24)14-26-12-11-25-5)22-9-7-18-23-17(15-27-18)20(2,3)4/h15-16H,6-14H2,1-5H3,(H,21,22). The molecule has 1 aromatic rings. The number of aromatic nitrogens is 1. The van der Waals surface area contributed by atoms with Crippen LogP contribution in [-0.4, -0.2) is 69.0 Å². The molecule has 0 radical (unpaired) electrons. The first-order chi connectivity index (χ1) is 12.9. The van der Waals surface area contributed by atoms with Crippen molar-refractivity contribution in [3.05, 3.63) is 16.1 Å². The minimum Gasteiger partial charge on any atom is -0.382 e. The fourth-order valence-corrected chi connectivity index (χ4v) is 4.02. The van der Waals surface area contributed by atoms with Crippen LogP contribution < -0.4 is 5.32 Å². The molecular formula is C20H36N4O2S. The predicted molar refractivity (Wildman–Crippen MR) is 113 cm³/mol. The van der Waals surface area contributed by atoms with Crippen molar-refractivity contribution in [1.82, 2.24) is 15.2 Å². The van der Waals surface area contributed by atoms with Gasteiger partial charge in [0.25, 0.3) is 0 Å². The lowest BCUT2D eigenvalue weighted by atomic mass is 9.93. The number of nitrogens with one attached hydrogen (secondary N) is 1. The van der Waals surface area contributed by atoms with Crippen molar-refractivity contribution < 1.29 is 9.47 Å². The Labute approximate surface area is 168 Å². The Morgan fingerprint density at radius 3 is 2.89 bits per heavy atom. The number of guanidine groups is 1. The maximum Gasteiger partial charge on any atom is 0.193 e. The summed E-state index contributed by atoms with van der Waals surface area (Å²) in [5, 5.41) is 6.79. The van der Waals surface area contributed by atoms with Crippen molar-refractivity contribution in [1.29, 1.82) is 0 Å². The van der Waals surface area contributed by atoms with E-state index >= 15 is 0 Å². The van der Waals surface area contributed by atoms with Gasteiger partial charge in [0, 0.05) is 56.4 Å². The normalized spacial score (nSPS) is 18.3. The zero-order valence-electron chi connectivity index (χ0n) is 17.6. The SMILES string of the molecule is CCNC(=NCCc1nc(C(C)(C)C)cs1)N1CCC(COCCOC)C1. The van der Waals surface area contributed by atoms with Crippen LogP contribution in [0.15, 0.2) is 10.4 Å². The van der Waals surface area contributed by atoms with Crippen molar-refractivity contribution in [3.63, 3.8) is 0 Å². The van der Waals surface area contributed by atoms with Gasteiger partial charge < -0.3 is 19.7 Å². The molecule has 27 heavy (non-hydrogen) atoms. The molecule has 1 aliphatic rings. The smallest absolute Gasteiger partial charge is 0.193 e. The lowest BCUT2D eigenvalue weighted by molar-refractivity contribution is 0.0536. The molecule has 1 saturated heterocycles. The van der Waals surface area contributed by atoms with E-state index in [-0.39, 0.29) is 5.41 Å². The third-order valence-electron chi connectivity index (χ3n) is 4.61. The van der Waals surface area contributed by atoms with Gasteiger partial charge in [0.15, 0.2) is 5.96 Å². The van der Waals surface area contributed by atoms with E-state index in [2.05, 4.69) is 43.3 Å². The molecule has 0 aliphatic carbocycles. The Morgan fingerprint density at radius 2 is 2.22 bits per heavy atom. The van der Waals surface area contributed by atoms with Crippen molar-refractivity contribution in [2.24, 2.45) is 10.9 Å². The molecule has 1 N–H and O–H groups in total. The summed E-state index contributed by atoms with van der Waals surface area (Å²) >= 11 is 1.75. The maximum absolute atomic E-state index is 5.70. The fraction of sp³-hybridized carbons (Fsp3) is 0.800. The molecule has 0 bridgehead atoms. The molecule has 7 heteroatoms. The lowest BCUT2D eigenvalue weighted by Crippen LogP contribution is -2.40. The van der Waals surface area contributed by atoms with E-state index in [1.807, 2.05) is 0 Å². The second kappa shape index (κ2) is 11.0. The molecule has 2 rings (SSSR count). The number of likely N-dealkylation sites (tertiary alicyclic amines) is 1. The van der Waals surface area contributed by atoms with Crippen LogP contribution in [0.5, 0.6) is 0 Å². The van der Waals surface area contributed by atoms with E-state index in [0.717, 1.165) is 51.6 Å². The van der Waals surface area contributed by atoms with E-state index in [0.29, 0.717) is 19.1 Å². The first kappa shape index (κ1) is 22.1. The molecule has 0 saturated carbocycles. The van der Waals surface area contributed by atoms with Crippen molar-refractivity contribution in [2.75, 3.05) is 53.1 Å². The van der Waals surface area contributed by atoms with Gasteiger partial charge in [-0.1, -0.05) is 20.8 Å². The average Bonchev–Trinajstić information content (AvgIpc) is 3.27. The van der Waals surface area contributed by atoms with Crippen LogP contribution in [0.2, 0.25) is 0 Å². The number of nitrogens with zero attached hydrogens (tertiary/aromatic N) is 3. The Bertz CT molecular complexity index is 583. The predicted octanol–water partition coefficient (Wildman–Crippen LogP) is 2.93. The Morgan fingerprint density at radius 1 is 1.41 bits per heavy atom. The number of thiazole rings is 1. The van der Waals surface area contributed by atoms with E-state index in [4.69, 9.17) is 19.5 Å². The molecule has 1 fully saturated rings. The van der Waals surface area contributed by atoms with Crippen molar-refractivity contribution in [2.45, 2.75) is 46.0 Å². The molecule has 1 unspecified atom stereocenters. The van der Waals surface area contributed by atoms with Gasteiger partial charge in [-0.05, 0) is 13.3 Å². The van der Waals surface area contributed by atoms with E-state index in [9.17, 15) is 0 Å². The van der Waals surface area contributed by atoms with Gasteiger partial charge in [0.05, 0.1) is 30.5 Å². The highest BCUT2D eigenvalue weighted by Crippen LogP contribution is 2.24. The zero-order chi connectivity index (χ0) is 19.7. The average molecular weight is 397 g/mol. The third-order valence-corrected chi connectivity index (χ3v) is 5.52. The van der Waals surface area contributed by atoms with Crippen LogP contribution in [0.1, 0.15) is 44.8 Å². The van der Waals surface area contributed by atoms with Gasteiger partial charge in [-0.15, -0.1) is 11.3 Å². The first-order valence-corrected chi connectivity index (χ1v) is 10.9. The fourth-order valence-electron chi connectivity index (χ4n) is 3.01. The summed E-state index contributed by atoms with van der Waals surface area (Å²) in [5.74, 6) is 1.59. The molecule has 0 amide bonds. The molecule has 154 valence electrons. The molecule has 0 aromatic carbocycles. The summed E-state index contributed by atoms with van der Waals surface area (Å²) in [6.07, 6.45) is 2.05. The van der Waals surface area contributed by atoms with Gasteiger partial charge in [0.1, 0.15) is 0 Å². The molecule has 1 aliphatic heterocycles. The van der Waals surface area contributed by atoms with Crippen molar-refractivity contribution >= 4 is 17.3 Å². The second-order valence-electron chi connectivity index (χ2n) is 8.03. The minimum atomic E-state index is 0.114. The lowest BCUT2D eigenvalue weighted by Gasteiger charge is -2.21. The molecule has 1 atom stereocenters.